The van der Waals surface area contributed by atoms with Gasteiger partial charge >= 0.3 is 0 Å². The third-order valence-electron chi connectivity index (χ3n) is 5.58. The lowest BCUT2D eigenvalue weighted by molar-refractivity contribution is -0.134. The minimum Gasteiger partial charge on any atom is -0.494 e. The first kappa shape index (κ1) is 20.1. The third kappa shape index (κ3) is 4.37. The van der Waals surface area contributed by atoms with Crippen LogP contribution in [-0.4, -0.2) is 38.7 Å². The van der Waals surface area contributed by atoms with E-state index in [1.54, 1.807) is 12.4 Å². The van der Waals surface area contributed by atoms with Crippen LogP contribution in [0.2, 0.25) is 0 Å². The zero-order valence-electron chi connectivity index (χ0n) is 17.6. The van der Waals surface area contributed by atoms with Crippen molar-refractivity contribution < 1.29 is 9.53 Å². The molecule has 0 N–H and O–H groups in total. The van der Waals surface area contributed by atoms with Gasteiger partial charge in [0.15, 0.2) is 0 Å². The van der Waals surface area contributed by atoms with Gasteiger partial charge in [0.1, 0.15) is 5.75 Å². The summed E-state index contributed by atoms with van der Waals surface area (Å²) in [6, 6.07) is 11.8. The Morgan fingerprint density at radius 3 is 2.63 bits per heavy atom. The van der Waals surface area contributed by atoms with E-state index in [0.29, 0.717) is 13.0 Å². The molecule has 4 rings (SSSR count). The molecule has 0 bridgehead atoms. The molecule has 3 aromatic rings. The third-order valence-corrected chi connectivity index (χ3v) is 5.58. The molecule has 30 heavy (non-hydrogen) atoms. The fourth-order valence-corrected chi connectivity index (χ4v) is 4.17. The Balaban J connectivity index is 1.57. The quantitative estimate of drug-likeness (QED) is 0.618. The zero-order valence-corrected chi connectivity index (χ0v) is 17.6. The smallest absolute Gasteiger partial charge is 0.227 e. The number of pyridine rings is 1. The molecule has 0 radical (unpaired) electrons. The van der Waals surface area contributed by atoms with Crippen molar-refractivity contribution in [3.8, 4) is 16.9 Å². The number of hydrogen-bond acceptors (Lipinski definition) is 4. The summed E-state index contributed by atoms with van der Waals surface area (Å²) in [6.45, 7) is 3.37. The predicted molar refractivity (Wildman–Crippen MR) is 116 cm³/mol. The Hall–Kier alpha value is -3.15. The average molecular weight is 405 g/mol. The molecule has 1 fully saturated rings. The summed E-state index contributed by atoms with van der Waals surface area (Å²) in [5, 5.41) is 4.77. The van der Waals surface area contributed by atoms with Crippen LogP contribution in [0.4, 0.5) is 0 Å². The maximum atomic E-state index is 13.3. The van der Waals surface area contributed by atoms with Crippen LogP contribution in [0.3, 0.4) is 0 Å². The zero-order chi connectivity index (χ0) is 20.9. The monoisotopic (exact) mass is 404 g/mol. The van der Waals surface area contributed by atoms with Gasteiger partial charge in [0.2, 0.25) is 5.91 Å². The number of carbonyl (C=O) groups excluding carboxylic acids is 1. The molecule has 3 heterocycles. The van der Waals surface area contributed by atoms with Gasteiger partial charge in [-0.15, -0.1) is 0 Å². The van der Waals surface area contributed by atoms with Crippen LogP contribution in [0.5, 0.6) is 5.75 Å². The van der Waals surface area contributed by atoms with E-state index in [0.717, 1.165) is 53.9 Å². The number of aromatic nitrogens is 3. The molecule has 6 nitrogen and oxygen atoms in total. The van der Waals surface area contributed by atoms with Crippen LogP contribution < -0.4 is 4.74 Å². The number of rotatable bonds is 6. The van der Waals surface area contributed by atoms with Gasteiger partial charge < -0.3 is 9.64 Å². The number of piperidine rings is 1. The first-order chi connectivity index (χ1) is 14.7. The number of benzene rings is 1. The highest BCUT2D eigenvalue weighted by molar-refractivity contribution is 5.80. The molecule has 2 aromatic heterocycles. The second-order valence-electron chi connectivity index (χ2n) is 7.69. The predicted octanol–water partition coefficient (Wildman–Crippen LogP) is 4.18. The molecular formula is C24H28N4O2. The minimum atomic E-state index is -0.00156. The van der Waals surface area contributed by atoms with E-state index in [4.69, 9.17) is 9.84 Å². The summed E-state index contributed by atoms with van der Waals surface area (Å²) in [7, 11) is 1.93. The SMILES string of the molecule is CCOc1ccc(CC(=O)N2CCCCC2c2nn(C)cc2-c2ccncc2)cc1. The van der Waals surface area contributed by atoms with Gasteiger partial charge in [-0.05, 0) is 61.6 Å². The van der Waals surface area contributed by atoms with Gasteiger partial charge in [-0.25, -0.2) is 0 Å². The Bertz CT molecular complexity index is 982. The second-order valence-corrected chi connectivity index (χ2v) is 7.69. The fourth-order valence-electron chi connectivity index (χ4n) is 4.17. The number of hydrogen-bond donors (Lipinski definition) is 0. The molecule has 6 heteroatoms. The number of likely N-dealkylation sites (tertiary alicyclic amines) is 1. The molecule has 0 aliphatic carbocycles. The van der Waals surface area contributed by atoms with Crippen LogP contribution in [-0.2, 0) is 18.3 Å². The van der Waals surface area contributed by atoms with Crippen molar-refractivity contribution in [3.05, 3.63) is 66.2 Å². The van der Waals surface area contributed by atoms with Crippen LogP contribution in [0, 0.1) is 0 Å². The summed E-state index contributed by atoms with van der Waals surface area (Å²) >= 11 is 0. The van der Waals surface area contributed by atoms with Crippen LogP contribution in [0.1, 0.15) is 43.5 Å². The van der Waals surface area contributed by atoms with Crippen LogP contribution in [0.15, 0.2) is 55.0 Å². The van der Waals surface area contributed by atoms with E-state index in [1.807, 2.05) is 66.1 Å². The Kier molecular flexibility index (Phi) is 6.12. The topological polar surface area (TPSA) is 60.2 Å². The molecule has 1 aliphatic rings. The van der Waals surface area contributed by atoms with Crippen molar-refractivity contribution in [3.63, 3.8) is 0 Å². The molecule has 0 spiro atoms. The van der Waals surface area contributed by atoms with E-state index in [9.17, 15) is 4.79 Å². The Labute approximate surface area is 177 Å². The van der Waals surface area contributed by atoms with Gasteiger partial charge in [-0.3, -0.25) is 14.5 Å². The molecule has 1 atom stereocenters. The number of amides is 1. The van der Waals surface area contributed by atoms with Crippen molar-refractivity contribution in [2.24, 2.45) is 7.05 Å². The molecule has 1 aliphatic heterocycles. The highest BCUT2D eigenvalue weighted by atomic mass is 16.5. The normalized spacial score (nSPS) is 16.5. The highest BCUT2D eigenvalue weighted by Gasteiger charge is 2.31. The molecule has 1 unspecified atom stereocenters. The number of ether oxygens (including phenoxy) is 1. The summed E-state index contributed by atoms with van der Waals surface area (Å²) < 4.78 is 7.35. The molecule has 1 aromatic carbocycles. The lowest BCUT2D eigenvalue weighted by Gasteiger charge is -2.35. The maximum Gasteiger partial charge on any atom is 0.227 e. The largest absolute Gasteiger partial charge is 0.494 e. The number of nitrogens with zero attached hydrogens (tertiary/aromatic N) is 4. The average Bonchev–Trinajstić information content (AvgIpc) is 3.17. The van der Waals surface area contributed by atoms with Crippen molar-refractivity contribution in [2.75, 3.05) is 13.2 Å². The van der Waals surface area contributed by atoms with E-state index in [1.165, 1.54) is 0 Å². The lowest BCUT2D eigenvalue weighted by atomic mass is 9.94. The van der Waals surface area contributed by atoms with Gasteiger partial charge in [0, 0.05) is 37.7 Å². The molecule has 1 saturated heterocycles. The van der Waals surface area contributed by atoms with Crippen molar-refractivity contribution in [1.29, 1.82) is 0 Å². The fraction of sp³-hybridized carbons (Fsp3) is 0.375. The summed E-state index contributed by atoms with van der Waals surface area (Å²) in [4.78, 5) is 19.4. The van der Waals surface area contributed by atoms with E-state index >= 15 is 0 Å². The number of aryl methyl sites for hydroxylation is 1. The van der Waals surface area contributed by atoms with Gasteiger partial charge in [-0.2, -0.15) is 5.10 Å². The second kappa shape index (κ2) is 9.11. The molecular weight excluding hydrogens is 376 g/mol. The molecule has 0 saturated carbocycles. The Morgan fingerprint density at radius 1 is 1.13 bits per heavy atom. The van der Waals surface area contributed by atoms with E-state index in [-0.39, 0.29) is 11.9 Å². The van der Waals surface area contributed by atoms with Crippen molar-refractivity contribution in [1.82, 2.24) is 19.7 Å². The standard InChI is InChI=1S/C24H28N4O2/c1-3-30-20-9-7-18(8-10-20)16-23(29)28-15-5-4-6-22(28)24-21(17-27(2)26-24)19-11-13-25-14-12-19/h7-14,17,22H,3-6,15-16H2,1-2H3. The first-order valence-corrected chi connectivity index (χ1v) is 10.6. The summed E-state index contributed by atoms with van der Waals surface area (Å²) in [6.07, 6.45) is 9.08. The minimum absolute atomic E-state index is 0.00156. The summed E-state index contributed by atoms with van der Waals surface area (Å²) in [5.41, 5.74) is 4.13. The van der Waals surface area contributed by atoms with E-state index < -0.39 is 0 Å². The van der Waals surface area contributed by atoms with Crippen molar-refractivity contribution >= 4 is 5.91 Å². The van der Waals surface area contributed by atoms with Gasteiger partial charge in [0.05, 0.1) is 24.8 Å². The maximum absolute atomic E-state index is 13.3. The molecule has 1 amide bonds. The summed E-state index contributed by atoms with van der Waals surface area (Å²) in [5.74, 6) is 0.982. The van der Waals surface area contributed by atoms with Gasteiger partial charge in [0.25, 0.3) is 0 Å². The highest BCUT2D eigenvalue weighted by Crippen LogP contribution is 2.36. The van der Waals surface area contributed by atoms with Gasteiger partial charge in [-0.1, -0.05) is 12.1 Å². The van der Waals surface area contributed by atoms with E-state index in [2.05, 4.69) is 4.98 Å². The molecule has 156 valence electrons. The van der Waals surface area contributed by atoms with Crippen LogP contribution >= 0.6 is 0 Å². The lowest BCUT2D eigenvalue weighted by Crippen LogP contribution is -2.39. The van der Waals surface area contributed by atoms with Crippen LogP contribution in [0.25, 0.3) is 11.1 Å². The first-order valence-electron chi connectivity index (χ1n) is 10.6. The Morgan fingerprint density at radius 2 is 1.90 bits per heavy atom. The number of carbonyl (C=O) groups is 1. The van der Waals surface area contributed by atoms with Crippen molar-refractivity contribution in [2.45, 2.75) is 38.6 Å².